The van der Waals surface area contributed by atoms with Gasteiger partial charge in [0.1, 0.15) is 0 Å². The van der Waals surface area contributed by atoms with E-state index in [1.165, 1.54) is 85.7 Å². The summed E-state index contributed by atoms with van der Waals surface area (Å²) in [6.45, 7) is 22.7. The van der Waals surface area contributed by atoms with Gasteiger partial charge >= 0.3 is 0 Å². The van der Waals surface area contributed by atoms with E-state index in [2.05, 4.69) is 187 Å². The van der Waals surface area contributed by atoms with Crippen molar-refractivity contribution in [3.05, 3.63) is 171 Å². The second-order valence-corrected chi connectivity index (χ2v) is 19.9. The Morgan fingerprint density at radius 1 is 0.632 bits per heavy atom. The quantitative estimate of drug-likeness (QED) is 0.170. The molecule has 3 aliphatic carbocycles. The predicted molar refractivity (Wildman–Crippen MR) is 238 cm³/mol. The molecule has 4 heterocycles. The van der Waals surface area contributed by atoms with Gasteiger partial charge in [-0.25, -0.2) is 0 Å². The highest BCUT2D eigenvalue weighted by Crippen LogP contribution is 2.77. The molecule has 5 atom stereocenters. The van der Waals surface area contributed by atoms with Crippen molar-refractivity contribution in [3.63, 3.8) is 0 Å². The van der Waals surface area contributed by atoms with E-state index in [4.69, 9.17) is 0 Å². The summed E-state index contributed by atoms with van der Waals surface area (Å²) >= 11 is 0. The van der Waals surface area contributed by atoms with Crippen LogP contribution in [0, 0.1) is 11.3 Å². The number of aryl methyl sites for hydroxylation is 1. The Kier molecular flexibility index (Phi) is 6.27. The van der Waals surface area contributed by atoms with Gasteiger partial charge in [0, 0.05) is 49.8 Å². The van der Waals surface area contributed by atoms with Gasteiger partial charge in [0.25, 0.3) is 0 Å². The fourth-order valence-electron chi connectivity index (χ4n) is 14.0. The second-order valence-electron chi connectivity index (χ2n) is 19.9. The van der Waals surface area contributed by atoms with Crippen LogP contribution in [0.3, 0.4) is 0 Å². The van der Waals surface area contributed by atoms with Crippen LogP contribution in [0.1, 0.15) is 120 Å². The van der Waals surface area contributed by atoms with Gasteiger partial charge in [0.05, 0.1) is 17.3 Å². The molecule has 5 unspecified atom stereocenters. The normalized spacial score (nSPS) is 29.2. The molecule has 2 nitrogen and oxygen atoms in total. The van der Waals surface area contributed by atoms with Crippen LogP contribution in [-0.4, -0.2) is 5.54 Å². The van der Waals surface area contributed by atoms with E-state index in [1.54, 1.807) is 22.3 Å². The Labute approximate surface area is 339 Å². The molecule has 2 heteroatoms. The summed E-state index contributed by atoms with van der Waals surface area (Å²) in [5.74, 6) is 0.301. The van der Waals surface area contributed by atoms with E-state index >= 15 is 0 Å². The highest BCUT2D eigenvalue weighted by molar-refractivity contribution is 6.04. The van der Waals surface area contributed by atoms with Crippen molar-refractivity contribution < 1.29 is 0 Å². The molecule has 0 saturated carbocycles. The van der Waals surface area contributed by atoms with Crippen molar-refractivity contribution in [2.75, 3.05) is 9.80 Å². The standard InChI is InChI=1S/C55H54N2/c1-10-11-18-33-27-28-42-40(31-33)53(7)30-29-32(2)45-50(53)55(9)47(46-36-19-12-13-22-37(36)52(5,6)54(45,46)8)49-44-34(20-17-26-43(44)57(42)55)35-21-16-24-39-48(35)56(49)41-25-15-14-23-38(41)51(39,3)4/h12-17,19-32,49H,10-11,18H2,1-9H3. The Morgan fingerprint density at radius 3 is 2.12 bits per heavy atom. The molecule has 0 fully saturated rings. The first-order valence-corrected chi connectivity index (χ1v) is 21.7. The first-order valence-electron chi connectivity index (χ1n) is 21.7. The Hall–Kier alpha value is -5.08. The summed E-state index contributed by atoms with van der Waals surface area (Å²) < 4.78 is 0. The summed E-state index contributed by atoms with van der Waals surface area (Å²) in [5.41, 5.74) is 23.5. The monoisotopic (exact) mass is 742 g/mol. The summed E-state index contributed by atoms with van der Waals surface area (Å²) in [6.07, 6.45) is 8.73. The van der Waals surface area contributed by atoms with Crippen molar-refractivity contribution in [3.8, 4) is 11.1 Å². The van der Waals surface area contributed by atoms with E-state index < -0.39 is 5.54 Å². The van der Waals surface area contributed by atoms with Crippen LogP contribution >= 0.6 is 0 Å². The zero-order valence-electron chi connectivity index (χ0n) is 35.1. The molecule has 12 rings (SSSR count). The van der Waals surface area contributed by atoms with Crippen LogP contribution in [0.15, 0.2) is 132 Å². The van der Waals surface area contributed by atoms with E-state index in [9.17, 15) is 0 Å². The molecule has 0 aromatic heterocycles. The zero-order chi connectivity index (χ0) is 39.2. The molecule has 0 bridgehead atoms. The number of nitrogens with zero attached hydrogens (tertiary/aromatic N) is 2. The van der Waals surface area contributed by atoms with Gasteiger partial charge in [-0.3, -0.25) is 0 Å². The van der Waals surface area contributed by atoms with E-state index in [-0.39, 0.29) is 27.7 Å². The number of fused-ring (bicyclic) bond motifs is 13. The van der Waals surface area contributed by atoms with E-state index in [0.717, 1.165) is 6.42 Å². The minimum Gasteiger partial charge on any atom is -0.329 e. The van der Waals surface area contributed by atoms with Crippen LogP contribution in [0.5, 0.6) is 0 Å². The average Bonchev–Trinajstić information content (AvgIpc) is 3.39. The van der Waals surface area contributed by atoms with Crippen molar-refractivity contribution in [2.24, 2.45) is 11.3 Å². The van der Waals surface area contributed by atoms with Crippen LogP contribution in [0.2, 0.25) is 0 Å². The molecule has 0 amide bonds. The fourth-order valence-corrected chi connectivity index (χ4v) is 14.0. The van der Waals surface area contributed by atoms with Gasteiger partial charge < -0.3 is 9.80 Å². The molecule has 57 heavy (non-hydrogen) atoms. The molecule has 0 radical (unpaired) electrons. The third-order valence-corrected chi connectivity index (χ3v) is 16.7. The van der Waals surface area contributed by atoms with Gasteiger partial charge in [-0.2, -0.15) is 0 Å². The lowest BCUT2D eigenvalue weighted by Gasteiger charge is -2.67. The predicted octanol–water partition coefficient (Wildman–Crippen LogP) is 14.0. The van der Waals surface area contributed by atoms with E-state index in [1.807, 2.05) is 0 Å². The molecule has 4 aliphatic heterocycles. The van der Waals surface area contributed by atoms with Gasteiger partial charge in [-0.05, 0) is 112 Å². The zero-order valence-corrected chi connectivity index (χ0v) is 35.1. The number of unbranched alkanes of at least 4 members (excludes halogenated alkanes) is 1. The van der Waals surface area contributed by atoms with Gasteiger partial charge in [0.2, 0.25) is 0 Å². The van der Waals surface area contributed by atoms with Crippen LogP contribution in [-0.2, 0) is 22.7 Å². The maximum absolute atomic E-state index is 2.86. The molecule has 5 aromatic carbocycles. The Morgan fingerprint density at radius 2 is 1.32 bits per heavy atom. The molecule has 0 saturated heterocycles. The van der Waals surface area contributed by atoms with Gasteiger partial charge in [-0.1, -0.05) is 152 Å². The number of hydrogen-bond donors (Lipinski definition) is 0. The summed E-state index contributed by atoms with van der Waals surface area (Å²) in [7, 11) is 0. The number of anilines is 4. The molecule has 284 valence electrons. The first-order chi connectivity index (χ1) is 27.3. The number of benzene rings is 5. The van der Waals surface area contributed by atoms with E-state index in [0.29, 0.717) is 5.92 Å². The Bertz CT molecular complexity index is 2770. The van der Waals surface area contributed by atoms with Crippen LogP contribution in [0.25, 0.3) is 16.7 Å². The largest absolute Gasteiger partial charge is 0.329 e. The second kappa shape index (κ2) is 10.5. The molecular formula is C55H54N2. The molecule has 5 aromatic rings. The lowest BCUT2D eigenvalue weighted by atomic mass is 9.44. The lowest BCUT2D eigenvalue weighted by molar-refractivity contribution is 0.273. The number of hydrogen-bond acceptors (Lipinski definition) is 2. The number of rotatable bonds is 3. The van der Waals surface area contributed by atoms with Crippen molar-refractivity contribution in [2.45, 2.75) is 109 Å². The SMILES string of the molecule is CCCCc1ccc2c(c1)C1(C)C=CC(C)C3=C1C1(C)C(=C4c5ccccc5C(C)(C)C43C)C3c4c(cccc4N21)-c1cccc2c1N3c1ccccc1C2(C)C. The van der Waals surface area contributed by atoms with Gasteiger partial charge in [0.15, 0.2) is 0 Å². The molecule has 0 N–H and O–H groups in total. The summed E-state index contributed by atoms with van der Waals surface area (Å²) in [4.78, 5) is 5.69. The van der Waals surface area contributed by atoms with Crippen molar-refractivity contribution in [1.29, 1.82) is 0 Å². The highest BCUT2D eigenvalue weighted by atomic mass is 15.3. The summed E-state index contributed by atoms with van der Waals surface area (Å²) in [6, 6.07) is 40.8. The summed E-state index contributed by atoms with van der Waals surface area (Å²) in [5, 5.41) is 0. The minimum atomic E-state index is -0.436. The maximum Gasteiger partial charge on any atom is 0.0891 e. The van der Waals surface area contributed by atoms with Crippen LogP contribution in [0.4, 0.5) is 22.7 Å². The molecule has 7 aliphatic rings. The number of allylic oxidation sites excluding steroid dienone is 4. The maximum atomic E-state index is 2.86. The molecule has 0 spiro atoms. The van der Waals surface area contributed by atoms with Crippen LogP contribution < -0.4 is 9.80 Å². The third kappa shape index (κ3) is 3.56. The number of para-hydroxylation sites is 2. The lowest BCUT2D eigenvalue weighted by Crippen LogP contribution is -2.64. The minimum absolute atomic E-state index is 0.00419. The Balaban J connectivity index is 1.32. The fraction of sp³-hybridized carbons (Fsp3) is 0.345. The topological polar surface area (TPSA) is 6.48 Å². The average molecular weight is 743 g/mol. The van der Waals surface area contributed by atoms with Crippen molar-refractivity contribution in [1.82, 2.24) is 0 Å². The first kappa shape index (κ1) is 34.0. The molecular weight excluding hydrogens is 689 g/mol. The van der Waals surface area contributed by atoms with Crippen molar-refractivity contribution >= 4 is 28.3 Å². The smallest absolute Gasteiger partial charge is 0.0891 e. The third-order valence-electron chi connectivity index (χ3n) is 16.7. The highest BCUT2D eigenvalue weighted by Gasteiger charge is 2.70. The van der Waals surface area contributed by atoms with Gasteiger partial charge in [-0.15, -0.1) is 0 Å².